The van der Waals surface area contributed by atoms with Crippen molar-refractivity contribution in [3.05, 3.63) is 12.3 Å². The van der Waals surface area contributed by atoms with Crippen molar-refractivity contribution in [2.45, 2.75) is 25.7 Å². The summed E-state index contributed by atoms with van der Waals surface area (Å²) < 4.78 is 9.77. The summed E-state index contributed by atoms with van der Waals surface area (Å²) in [7, 11) is 0. The van der Waals surface area contributed by atoms with Crippen LogP contribution in [-0.2, 0) is 4.79 Å². The quantitative estimate of drug-likeness (QED) is 0.676. The van der Waals surface area contributed by atoms with Crippen molar-refractivity contribution in [1.82, 2.24) is 5.16 Å². The highest BCUT2D eigenvalue weighted by molar-refractivity contribution is 5.66. The number of aromatic nitrogens is 1. The second kappa shape index (κ2) is 6.01. The van der Waals surface area contributed by atoms with Crippen LogP contribution >= 0.6 is 0 Å². The molecule has 0 aliphatic heterocycles. The lowest BCUT2D eigenvalue weighted by atomic mass is 10.2. The Morgan fingerprint density at radius 1 is 1.50 bits per heavy atom. The Morgan fingerprint density at radius 2 is 2.36 bits per heavy atom. The van der Waals surface area contributed by atoms with E-state index >= 15 is 0 Å². The van der Waals surface area contributed by atoms with Gasteiger partial charge in [0, 0.05) is 12.5 Å². The number of nitrogens with zero attached hydrogens (tertiary/aromatic N) is 1. The van der Waals surface area contributed by atoms with Crippen LogP contribution in [0.2, 0.25) is 0 Å². The van der Waals surface area contributed by atoms with Crippen LogP contribution in [0.3, 0.4) is 0 Å². The number of carboxylic acid groups (broad SMARTS) is 1. The van der Waals surface area contributed by atoms with Gasteiger partial charge in [-0.15, -0.1) is 0 Å². The molecule has 5 heteroatoms. The van der Waals surface area contributed by atoms with Gasteiger partial charge in [-0.3, -0.25) is 4.79 Å². The fourth-order valence-corrected chi connectivity index (χ4v) is 1.01. The summed E-state index contributed by atoms with van der Waals surface area (Å²) in [4.78, 5) is 10.2. The van der Waals surface area contributed by atoms with Gasteiger partial charge >= 0.3 is 5.97 Å². The maximum Gasteiger partial charge on any atom is 0.303 e. The molecule has 0 spiro atoms. The summed E-state index contributed by atoms with van der Waals surface area (Å²) in [6.45, 7) is 0.548. The SMILES string of the molecule is O=C(O)CCCCCOc1ccon1. The van der Waals surface area contributed by atoms with Gasteiger partial charge in [-0.05, 0) is 24.4 Å². The lowest BCUT2D eigenvalue weighted by Crippen LogP contribution is -1.99. The normalized spacial score (nSPS) is 10.0. The smallest absolute Gasteiger partial charge is 0.303 e. The predicted octanol–water partition coefficient (Wildman–Crippen LogP) is 1.70. The number of hydrogen-bond donors (Lipinski definition) is 1. The predicted molar refractivity (Wildman–Crippen MR) is 48.1 cm³/mol. The molecule has 1 aromatic rings. The molecule has 78 valence electrons. The highest BCUT2D eigenvalue weighted by Crippen LogP contribution is 2.06. The molecule has 1 aromatic heterocycles. The van der Waals surface area contributed by atoms with E-state index in [4.69, 9.17) is 9.84 Å². The van der Waals surface area contributed by atoms with Gasteiger partial charge in [0.15, 0.2) is 0 Å². The van der Waals surface area contributed by atoms with Crippen LogP contribution in [0.25, 0.3) is 0 Å². The number of ether oxygens (including phenoxy) is 1. The summed E-state index contributed by atoms with van der Waals surface area (Å²) in [6.07, 6.45) is 4.05. The average molecular weight is 199 g/mol. The number of unbranched alkanes of at least 4 members (excludes halogenated alkanes) is 2. The molecule has 0 radical (unpaired) electrons. The topological polar surface area (TPSA) is 72.6 Å². The van der Waals surface area contributed by atoms with E-state index in [1.165, 1.54) is 6.26 Å². The van der Waals surface area contributed by atoms with Gasteiger partial charge in [0.1, 0.15) is 6.26 Å². The van der Waals surface area contributed by atoms with Gasteiger partial charge in [-0.25, -0.2) is 0 Å². The van der Waals surface area contributed by atoms with Gasteiger partial charge < -0.3 is 14.4 Å². The third-order valence-corrected chi connectivity index (χ3v) is 1.70. The minimum atomic E-state index is -0.748. The summed E-state index contributed by atoms with van der Waals surface area (Å²) in [5, 5.41) is 11.9. The maximum absolute atomic E-state index is 10.2. The number of carboxylic acids is 1. The van der Waals surface area contributed by atoms with E-state index in [1.807, 2.05) is 0 Å². The summed E-state index contributed by atoms with van der Waals surface area (Å²) in [5.74, 6) is -0.273. The molecule has 0 amide bonds. The summed E-state index contributed by atoms with van der Waals surface area (Å²) in [5.41, 5.74) is 0. The zero-order valence-electron chi connectivity index (χ0n) is 7.81. The Labute approximate surface area is 81.7 Å². The number of carbonyl (C=O) groups is 1. The lowest BCUT2D eigenvalue weighted by Gasteiger charge is -2.00. The Bertz CT molecular complexity index is 258. The van der Waals surface area contributed by atoms with E-state index < -0.39 is 5.97 Å². The van der Waals surface area contributed by atoms with Crippen LogP contribution in [-0.4, -0.2) is 22.8 Å². The molecular weight excluding hydrogens is 186 g/mol. The van der Waals surface area contributed by atoms with Crippen molar-refractivity contribution >= 4 is 5.97 Å². The van der Waals surface area contributed by atoms with Crippen LogP contribution in [0.1, 0.15) is 25.7 Å². The van der Waals surface area contributed by atoms with Crippen molar-refractivity contribution in [1.29, 1.82) is 0 Å². The number of rotatable bonds is 7. The molecule has 0 unspecified atom stereocenters. The van der Waals surface area contributed by atoms with E-state index in [-0.39, 0.29) is 6.42 Å². The zero-order valence-corrected chi connectivity index (χ0v) is 7.81. The van der Waals surface area contributed by atoms with E-state index in [2.05, 4.69) is 9.68 Å². The van der Waals surface area contributed by atoms with Crippen molar-refractivity contribution < 1.29 is 19.2 Å². The Kier molecular flexibility index (Phi) is 4.54. The Hall–Kier alpha value is -1.52. The van der Waals surface area contributed by atoms with E-state index in [1.54, 1.807) is 6.07 Å². The molecule has 0 aliphatic carbocycles. The second-order valence-electron chi connectivity index (χ2n) is 2.89. The molecule has 0 saturated heterocycles. The van der Waals surface area contributed by atoms with Crippen molar-refractivity contribution in [3.63, 3.8) is 0 Å². The molecule has 0 bridgehead atoms. The maximum atomic E-state index is 10.2. The van der Waals surface area contributed by atoms with E-state index in [0.29, 0.717) is 18.9 Å². The monoisotopic (exact) mass is 199 g/mol. The summed E-state index contributed by atoms with van der Waals surface area (Å²) in [6, 6.07) is 1.64. The minimum absolute atomic E-state index is 0.226. The van der Waals surface area contributed by atoms with Crippen molar-refractivity contribution in [3.8, 4) is 5.88 Å². The Balaban J connectivity index is 1.92. The molecule has 0 aliphatic rings. The van der Waals surface area contributed by atoms with Crippen LogP contribution < -0.4 is 4.74 Å². The molecule has 0 aromatic carbocycles. The molecular formula is C9H13NO4. The lowest BCUT2D eigenvalue weighted by molar-refractivity contribution is -0.137. The van der Waals surface area contributed by atoms with Gasteiger partial charge in [0.25, 0.3) is 5.88 Å². The molecule has 5 nitrogen and oxygen atoms in total. The van der Waals surface area contributed by atoms with E-state index in [9.17, 15) is 4.79 Å². The molecule has 1 rings (SSSR count). The second-order valence-corrected chi connectivity index (χ2v) is 2.89. The van der Waals surface area contributed by atoms with Crippen LogP contribution in [0.15, 0.2) is 16.9 Å². The average Bonchev–Trinajstić information content (AvgIpc) is 2.63. The number of hydrogen-bond acceptors (Lipinski definition) is 4. The fourth-order valence-electron chi connectivity index (χ4n) is 1.01. The highest BCUT2D eigenvalue weighted by Gasteiger charge is 1.98. The first-order chi connectivity index (χ1) is 6.79. The molecule has 14 heavy (non-hydrogen) atoms. The van der Waals surface area contributed by atoms with Crippen LogP contribution in [0.5, 0.6) is 5.88 Å². The first-order valence-corrected chi connectivity index (χ1v) is 4.54. The van der Waals surface area contributed by atoms with Gasteiger partial charge in [0.05, 0.1) is 6.61 Å². The first-order valence-electron chi connectivity index (χ1n) is 4.54. The molecule has 0 saturated carbocycles. The van der Waals surface area contributed by atoms with E-state index in [0.717, 1.165) is 12.8 Å². The highest BCUT2D eigenvalue weighted by atomic mass is 16.5. The molecule has 1 N–H and O–H groups in total. The third kappa shape index (κ3) is 4.49. The molecule has 1 heterocycles. The minimum Gasteiger partial charge on any atom is -0.481 e. The largest absolute Gasteiger partial charge is 0.481 e. The van der Waals surface area contributed by atoms with Crippen molar-refractivity contribution in [2.75, 3.05) is 6.61 Å². The fraction of sp³-hybridized carbons (Fsp3) is 0.556. The third-order valence-electron chi connectivity index (χ3n) is 1.70. The standard InChI is InChI=1S/C9H13NO4/c11-9(12)4-2-1-3-6-13-8-5-7-14-10-8/h5,7H,1-4,6H2,(H,11,12). The first kappa shape index (κ1) is 10.6. The molecule has 0 atom stereocenters. The van der Waals surface area contributed by atoms with Crippen LogP contribution in [0, 0.1) is 0 Å². The van der Waals surface area contributed by atoms with Gasteiger partial charge in [0.2, 0.25) is 0 Å². The van der Waals surface area contributed by atoms with Crippen LogP contribution in [0.4, 0.5) is 0 Å². The number of aliphatic carboxylic acids is 1. The molecule has 0 fully saturated rings. The zero-order chi connectivity index (χ0) is 10.2. The van der Waals surface area contributed by atoms with Crippen molar-refractivity contribution in [2.24, 2.45) is 0 Å². The van der Waals surface area contributed by atoms with Gasteiger partial charge in [-0.1, -0.05) is 0 Å². The summed E-state index contributed by atoms with van der Waals surface area (Å²) >= 11 is 0. The Morgan fingerprint density at radius 3 is 3.00 bits per heavy atom. The van der Waals surface area contributed by atoms with Gasteiger partial charge in [-0.2, -0.15) is 0 Å².